The van der Waals surface area contributed by atoms with Crippen LogP contribution in [0.1, 0.15) is 12.5 Å². The Labute approximate surface area is 154 Å². The highest BCUT2D eigenvalue weighted by Gasteiger charge is 2.37. The van der Waals surface area contributed by atoms with Gasteiger partial charge in [0.2, 0.25) is 0 Å². The molecule has 0 aliphatic heterocycles. The van der Waals surface area contributed by atoms with Gasteiger partial charge in [-0.2, -0.15) is 13.2 Å². The van der Waals surface area contributed by atoms with Crippen LogP contribution in [-0.2, 0) is 10.7 Å². The monoisotopic (exact) mass is 427 g/mol. The van der Waals surface area contributed by atoms with Crippen LogP contribution in [0.3, 0.4) is 0 Å². The number of hydrogen-bond donors (Lipinski definition) is 1. The van der Waals surface area contributed by atoms with E-state index < -0.39 is 46.0 Å². The third-order valence-corrected chi connectivity index (χ3v) is 5.77. The molecular weight excluding hydrogens is 417 g/mol. The van der Waals surface area contributed by atoms with Crippen LogP contribution < -0.4 is 10.0 Å². The van der Waals surface area contributed by atoms with Gasteiger partial charge in [-0.15, -0.1) is 0 Å². The van der Waals surface area contributed by atoms with E-state index >= 15 is 0 Å². The first-order valence-corrected chi connectivity index (χ1v) is 9.25. The van der Waals surface area contributed by atoms with Gasteiger partial charge in [-0.1, -0.05) is 11.6 Å². The van der Waals surface area contributed by atoms with Gasteiger partial charge in [-0.05, 0) is 31.2 Å². The number of nitro benzene ring substituents is 1. The zero-order chi connectivity index (χ0) is 20.6. The van der Waals surface area contributed by atoms with Crippen LogP contribution in [0.5, 0.6) is 11.5 Å². The molecule has 2 unspecified atom stereocenters. The molecule has 27 heavy (non-hydrogen) atoms. The van der Waals surface area contributed by atoms with E-state index in [2.05, 4.69) is 0 Å². The molecule has 0 heterocycles. The van der Waals surface area contributed by atoms with Crippen molar-refractivity contribution in [3.63, 3.8) is 0 Å². The third kappa shape index (κ3) is 4.58. The first kappa shape index (κ1) is 21.1. The molecule has 2 aromatic rings. The average Bonchev–Trinajstić information content (AvgIpc) is 2.55. The fourth-order valence-corrected chi connectivity index (χ4v) is 3.46. The lowest BCUT2D eigenvalue weighted by Gasteiger charge is -2.15. The van der Waals surface area contributed by atoms with E-state index in [-0.39, 0.29) is 11.5 Å². The van der Waals surface area contributed by atoms with E-state index in [0.29, 0.717) is 12.1 Å². The number of nitrogens with zero attached hydrogens (tertiary/aromatic N) is 1. The number of hydrogen-bond acceptors (Lipinski definition) is 4. The van der Waals surface area contributed by atoms with E-state index in [1.165, 1.54) is 0 Å². The summed E-state index contributed by atoms with van der Waals surface area (Å²) in [4.78, 5) is 19.9. The molecule has 12 heteroatoms. The number of halogens is 5. The van der Waals surface area contributed by atoms with E-state index in [0.717, 1.165) is 31.2 Å². The van der Waals surface area contributed by atoms with E-state index in [1.807, 2.05) is 0 Å². The lowest BCUT2D eigenvalue weighted by atomic mass is 10.2. The molecule has 0 saturated carbocycles. The largest absolute Gasteiger partial charge is 0.456 e. The van der Waals surface area contributed by atoms with Gasteiger partial charge >= 0.3 is 6.18 Å². The second-order valence-electron chi connectivity index (χ2n) is 5.35. The minimum Gasteiger partial charge on any atom is -0.456 e. The summed E-state index contributed by atoms with van der Waals surface area (Å²) < 4.78 is 68.8. The van der Waals surface area contributed by atoms with E-state index in [1.54, 1.807) is 0 Å². The maximum Gasteiger partial charge on any atom is 0.416 e. The second-order valence-corrected chi connectivity index (χ2v) is 8.20. The molecule has 2 rings (SSSR count). The van der Waals surface area contributed by atoms with Crippen molar-refractivity contribution >= 4 is 30.0 Å². The molecule has 0 aliphatic rings. The van der Waals surface area contributed by atoms with E-state index in [4.69, 9.17) is 16.3 Å². The molecule has 0 aromatic heterocycles. The maximum atomic E-state index is 13.5. The van der Waals surface area contributed by atoms with Gasteiger partial charge in [-0.3, -0.25) is 14.7 Å². The minimum absolute atomic E-state index is 0.231. The third-order valence-electron chi connectivity index (χ3n) is 3.46. The molecule has 0 amide bonds. The van der Waals surface area contributed by atoms with Crippen molar-refractivity contribution in [2.45, 2.75) is 19.0 Å². The summed E-state index contributed by atoms with van der Waals surface area (Å²) in [6, 6.07) is 4.88. The molecule has 0 bridgehead atoms. The first-order chi connectivity index (χ1) is 12.3. The Balaban J connectivity index is 2.47. The van der Waals surface area contributed by atoms with Crippen molar-refractivity contribution in [2.24, 2.45) is 0 Å². The van der Waals surface area contributed by atoms with E-state index in [9.17, 15) is 37.1 Å². The number of ether oxygens (including phenoxy) is 1. The molecule has 146 valence electrons. The fourth-order valence-electron chi connectivity index (χ4n) is 2.06. The lowest BCUT2D eigenvalue weighted by Crippen LogP contribution is -2.15. The Morgan fingerprint density at radius 1 is 1.26 bits per heavy atom. The molecule has 0 saturated heterocycles. The summed E-state index contributed by atoms with van der Waals surface area (Å²) >= 11 is 5.75. The molecule has 2 aromatic carbocycles. The molecular formula is C15H11ClF4NO5P. The first-order valence-electron chi connectivity index (χ1n) is 7.14. The molecule has 0 fully saturated rings. The fraction of sp³-hybridized carbons (Fsp3) is 0.200. The highest BCUT2D eigenvalue weighted by Crippen LogP contribution is 2.49. The Morgan fingerprint density at radius 3 is 2.37 bits per heavy atom. The van der Waals surface area contributed by atoms with Crippen LogP contribution in [0, 0.1) is 10.1 Å². The summed E-state index contributed by atoms with van der Waals surface area (Å²) in [6.45, 7) is 0.769. The maximum absolute atomic E-state index is 13.5. The number of rotatable bonds is 5. The highest BCUT2D eigenvalue weighted by molar-refractivity contribution is 7.66. The lowest BCUT2D eigenvalue weighted by molar-refractivity contribution is -0.383. The minimum atomic E-state index is -4.75. The molecule has 0 spiro atoms. The SMILES string of the molecule is CC(F)P(=O)(O)c1cc(Oc2ccc(C(F)(F)F)cc2Cl)ccc1[N+](=O)[O-]. The Bertz CT molecular complexity index is 935. The zero-order valence-electron chi connectivity index (χ0n) is 13.4. The summed E-state index contributed by atoms with van der Waals surface area (Å²) in [6.07, 6.45) is -4.62. The summed E-state index contributed by atoms with van der Waals surface area (Å²) in [5, 5.41) is 9.83. The van der Waals surface area contributed by atoms with Crippen LogP contribution in [0.2, 0.25) is 5.02 Å². The van der Waals surface area contributed by atoms with Crippen LogP contribution in [0.25, 0.3) is 0 Å². The molecule has 6 nitrogen and oxygen atoms in total. The van der Waals surface area contributed by atoms with Crippen LogP contribution in [0.4, 0.5) is 23.2 Å². The predicted molar refractivity (Wildman–Crippen MR) is 89.7 cm³/mol. The number of alkyl halides is 4. The van der Waals surface area contributed by atoms with Gasteiger partial charge in [-0.25, -0.2) is 4.39 Å². The van der Waals surface area contributed by atoms with Gasteiger partial charge in [0.05, 0.1) is 15.5 Å². The zero-order valence-corrected chi connectivity index (χ0v) is 15.1. The van der Waals surface area contributed by atoms with Crippen molar-refractivity contribution in [3.8, 4) is 11.5 Å². The number of benzene rings is 2. The standard InChI is InChI=1S/C15H11ClF4NO5P/c1-8(17)27(24,25)14-7-10(3-4-12(14)21(22)23)26-13-5-2-9(6-11(13)16)15(18,19)20/h2-8H,1H3,(H,24,25). The molecule has 2 atom stereocenters. The van der Waals surface area contributed by atoms with Gasteiger partial charge < -0.3 is 9.63 Å². The quantitative estimate of drug-likeness (QED) is 0.304. The van der Waals surface area contributed by atoms with Crippen LogP contribution >= 0.6 is 19.0 Å². The van der Waals surface area contributed by atoms with Crippen molar-refractivity contribution in [2.75, 3.05) is 0 Å². The van der Waals surface area contributed by atoms with Crippen molar-refractivity contribution < 1.29 is 36.7 Å². The normalized spacial score (nSPS) is 15.1. The number of nitro groups is 1. The highest BCUT2D eigenvalue weighted by atomic mass is 35.5. The van der Waals surface area contributed by atoms with Crippen LogP contribution in [0.15, 0.2) is 36.4 Å². The Hall–Kier alpha value is -2.16. The predicted octanol–water partition coefficient (Wildman–Crippen LogP) is 5.27. The smallest absolute Gasteiger partial charge is 0.416 e. The topological polar surface area (TPSA) is 89.7 Å². The van der Waals surface area contributed by atoms with Crippen molar-refractivity contribution in [3.05, 3.63) is 57.1 Å². The molecule has 1 N–H and O–H groups in total. The Kier molecular flexibility index (Phi) is 5.84. The van der Waals surface area contributed by atoms with Gasteiger partial charge in [0, 0.05) is 12.1 Å². The van der Waals surface area contributed by atoms with Crippen molar-refractivity contribution in [1.29, 1.82) is 0 Å². The summed E-state index contributed by atoms with van der Waals surface area (Å²) in [5.74, 6) is -2.76. The average molecular weight is 428 g/mol. The Morgan fingerprint density at radius 2 is 1.89 bits per heavy atom. The molecule has 0 radical (unpaired) electrons. The summed E-state index contributed by atoms with van der Waals surface area (Å²) in [5.41, 5.74) is -1.81. The second kappa shape index (κ2) is 7.46. The van der Waals surface area contributed by atoms with Gasteiger partial charge in [0.25, 0.3) is 13.1 Å². The van der Waals surface area contributed by atoms with Crippen LogP contribution in [-0.4, -0.2) is 15.7 Å². The summed E-state index contributed by atoms with van der Waals surface area (Å²) in [7, 11) is -4.75. The molecule has 0 aliphatic carbocycles. The van der Waals surface area contributed by atoms with Gasteiger partial charge in [0.15, 0.2) is 5.91 Å². The van der Waals surface area contributed by atoms with Crippen molar-refractivity contribution in [1.82, 2.24) is 0 Å². The van der Waals surface area contributed by atoms with Gasteiger partial charge in [0.1, 0.15) is 16.8 Å².